The maximum Gasteiger partial charge on any atom is 0.221 e. The molecule has 3 heteroatoms. The first-order valence-corrected chi connectivity index (χ1v) is 4.76. The Balaban J connectivity index is 2.52. The third-order valence-corrected chi connectivity index (χ3v) is 2.80. The molecular weight excluding hydrogens is 185 g/mol. The summed E-state index contributed by atoms with van der Waals surface area (Å²) < 4.78 is 13.2. The van der Waals surface area contributed by atoms with E-state index >= 15 is 0 Å². The third kappa shape index (κ3) is 1.60. The fourth-order valence-electron chi connectivity index (χ4n) is 1.15. The van der Waals surface area contributed by atoms with E-state index in [1.165, 1.54) is 11.1 Å². The van der Waals surface area contributed by atoms with Crippen LogP contribution in [0, 0.1) is 12.9 Å². The van der Waals surface area contributed by atoms with Crippen LogP contribution < -0.4 is 0 Å². The van der Waals surface area contributed by atoms with Crippen molar-refractivity contribution < 1.29 is 4.39 Å². The van der Waals surface area contributed by atoms with Gasteiger partial charge in [0.1, 0.15) is 0 Å². The van der Waals surface area contributed by atoms with Gasteiger partial charge in [-0.05, 0) is 31.2 Å². The van der Waals surface area contributed by atoms with E-state index in [4.69, 9.17) is 0 Å². The molecule has 0 aliphatic heterocycles. The molecule has 2 aromatic rings. The SMILES string of the molecule is Cc1ccc(-c2cccnc2F)s1. The molecule has 66 valence electrons. The summed E-state index contributed by atoms with van der Waals surface area (Å²) in [6.45, 7) is 2.00. The minimum atomic E-state index is -0.399. The topological polar surface area (TPSA) is 12.9 Å². The van der Waals surface area contributed by atoms with Gasteiger partial charge in [0.15, 0.2) is 0 Å². The van der Waals surface area contributed by atoms with E-state index in [0.717, 1.165) is 4.88 Å². The van der Waals surface area contributed by atoms with Gasteiger partial charge in [-0.3, -0.25) is 0 Å². The van der Waals surface area contributed by atoms with Crippen LogP contribution >= 0.6 is 11.3 Å². The van der Waals surface area contributed by atoms with Crippen LogP contribution in [0.25, 0.3) is 10.4 Å². The van der Waals surface area contributed by atoms with Crippen molar-refractivity contribution in [3.05, 3.63) is 41.3 Å². The van der Waals surface area contributed by atoms with Crippen LogP contribution in [0.1, 0.15) is 4.88 Å². The summed E-state index contributed by atoms with van der Waals surface area (Å²) in [6, 6.07) is 7.38. The Kier molecular flexibility index (Phi) is 2.10. The molecule has 0 bridgehead atoms. The molecule has 2 rings (SSSR count). The summed E-state index contributed by atoms with van der Waals surface area (Å²) in [5.74, 6) is -0.399. The first kappa shape index (κ1) is 8.38. The van der Waals surface area contributed by atoms with Crippen molar-refractivity contribution in [2.75, 3.05) is 0 Å². The average Bonchev–Trinajstić information content (AvgIpc) is 2.53. The molecule has 0 fully saturated rings. The second-order valence-electron chi connectivity index (χ2n) is 2.75. The van der Waals surface area contributed by atoms with Crippen LogP contribution in [-0.4, -0.2) is 4.98 Å². The molecule has 1 nitrogen and oxygen atoms in total. The molecule has 0 atom stereocenters. The first-order valence-electron chi connectivity index (χ1n) is 3.95. The number of pyridine rings is 1. The highest BCUT2D eigenvalue weighted by Crippen LogP contribution is 2.28. The highest BCUT2D eigenvalue weighted by atomic mass is 32.1. The van der Waals surface area contributed by atoms with Crippen LogP contribution in [0.2, 0.25) is 0 Å². The summed E-state index contributed by atoms with van der Waals surface area (Å²) in [4.78, 5) is 5.72. The number of rotatable bonds is 1. The molecule has 0 saturated heterocycles. The highest BCUT2D eigenvalue weighted by molar-refractivity contribution is 7.15. The monoisotopic (exact) mass is 193 g/mol. The molecule has 0 amide bonds. The smallest absolute Gasteiger partial charge is 0.221 e. The normalized spacial score (nSPS) is 10.3. The summed E-state index contributed by atoms with van der Waals surface area (Å²) in [6.07, 6.45) is 1.46. The minimum Gasteiger partial charge on any atom is -0.228 e. The summed E-state index contributed by atoms with van der Waals surface area (Å²) in [5.41, 5.74) is 0.584. The zero-order valence-corrected chi connectivity index (χ0v) is 7.94. The number of aromatic nitrogens is 1. The molecule has 0 N–H and O–H groups in total. The Hall–Kier alpha value is -1.22. The Labute approximate surface area is 79.9 Å². The minimum absolute atomic E-state index is 0.399. The predicted octanol–water partition coefficient (Wildman–Crippen LogP) is 3.26. The molecule has 0 spiro atoms. The van der Waals surface area contributed by atoms with Gasteiger partial charge >= 0.3 is 0 Å². The van der Waals surface area contributed by atoms with Gasteiger partial charge < -0.3 is 0 Å². The Morgan fingerprint density at radius 2 is 2.15 bits per heavy atom. The van der Waals surface area contributed by atoms with Crippen molar-refractivity contribution in [1.29, 1.82) is 0 Å². The van der Waals surface area contributed by atoms with E-state index in [9.17, 15) is 4.39 Å². The van der Waals surface area contributed by atoms with Gasteiger partial charge in [0, 0.05) is 21.5 Å². The van der Waals surface area contributed by atoms with Gasteiger partial charge in [-0.15, -0.1) is 11.3 Å². The van der Waals surface area contributed by atoms with Crippen LogP contribution in [0.3, 0.4) is 0 Å². The lowest BCUT2D eigenvalue weighted by molar-refractivity contribution is 0.588. The average molecular weight is 193 g/mol. The maximum absolute atomic E-state index is 13.2. The number of hydrogen-bond acceptors (Lipinski definition) is 2. The van der Waals surface area contributed by atoms with E-state index in [1.807, 2.05) is 19.1 Å². The molecule has 2 aromatic heterocycles. The maximum atomic E-state index is 13.2. The highest BCUT2D eigenvalue weighted by Gasteiger charge is 2.06. The second kappa shape index (κ2) is 3.26. The van der Waals surface area contributed by atoms with Crippen LogP contribution in [0.5, 0.6) is 0 Å². The van der Waals surface area contributed by atoms with Crippen molar-refractivity contribution in [3.8, 4) is 10.4 Å². The lowest BCUT2D eigenvalue weighted by Gasteiger charge is -1.96. The number of nitrogens with zero attached hydrogens (tertiary/aromatic N) is 1. The Morgan fingerprint density at radius 1 is 1.31 bits per heavy atom. The molecule has 13 heavy (non-hydrogen) atoms. The lowest BCUT2D eigenvalue weighted by atomic mass is 10.2. The Morgan fingerprint density at radius 3 is 2.77 bits per heavy atom. The first-order chi connectivity index (χ1) is 6.27. The summed E-state index contributed by atoms with van der Waals surface area (Å²) >= 11 is 1.57. The molecule has 0 saturated carbocycles. The zero-order chi connectivity index (χ0) is 9.26. The fourth-order valence-corrected chi connectivity index (χ4v) is 2.03. The zero-order valence-electron chi connectivity index (χ0n) is 7.12. The van der Waals surface area contributed by atoms with E-state index in [1.54, 1.807) is 23.5 Å². The third-order valence-electron chi connectivity index (χ3n) is 1.76. The van der Waals surface area contributed by atoms with Gasteiger partial charge in [-0.1, -0.05) is 0 Å². The van der Waals surface area contributed by atoms with Gasteiger partial charge in [0.05, 0.1) is 0 Å². The van der Waals surface area contributed by atoms with Gasteiger partial charge in [-0.2, -0.15) is 4.39 Å². The molecular formula is C10H8FNS. The molecule has 2 heterocycles. The van der Waals surface area contributed by atoms with Crippen LogP contribution in [0.4, 0.5) is 4.39 Å². The summed E-state index contributed by atoms with van der Waals surface area (Å²) in [5, 5.41) is 0. The summed E-state index contributed by atoms with van der Waals surface area (Å²) in [7, 11) is 0. The van der Waals surface area contributed by atoms with Crippen LogP contribution in [0.15, 0.2) is 30.5 Å². The molecule has 0 aliphatic carbocycles. The number of halogens is 1. The standard InChI is InChI=1S/C10H8FNS/c1-7-4-5-9(13-7)8-3-2-6-12-10(8)11/h2-6H,1H3. The van der Waals surface area contributed by atoms with Gasteiger partial charge in [0.2, 0.25) is 5.95 Å². The number of thiophene rings is 1. The van der Waals surface area contributed by atoms with E-state index < -0.39 is 5.95 Å². The van der Waals surface area contributed by atoms with Crippen molar-refractivity contribution in [2.24, 2.45) is 0 Å². The lowest BCUT2D eigenvalue weighted by Crippen LogP contribution is -1.84. The molecule has 0 aliphatic rings. The van der Waals surface area contributed by atoms with Gasteiger partial charge in [0.25, 0.3) is 0 Å². The van der Waals surface area contributed by atoms with Crippen molar-refractivity contribution >= 4 is 11.3 Å². The fraction of sp³-hybridized carbons (Fsp3) is 0.100. The molecule has 0 aromatic carbocycles. The van der Waals surface area contributed by atoms with Crippen molar-refractivity contribution in [2.45, 2.75) is 6.92 Å². The predicted molar refractivity (Wildman–Crippen MR) is 52.2 cm³/mol. The Bertz CT molecular complexity index is 422. The second-order valence-corrected chi connectivity index (χ2v) is 4.04. The molecule has 0 unspecified atom stereocenters. The largest absolute Gasteiger partial charge is 0.228 e. The quantitative estimate of drug-likeness (QED) is 0.633. The van der Waals surface area contributed by atoms with E-state index in [-0.39, 0.29) is 0 Å². The number of aryl methyl sites for hydroxylation is 1. The number of hydrogen-bond donors (Lipinski definition) is 0. The van der Waals surface area contributed by atoms with E-state index in [0.29, 0.717) is 5.56 Å². The van der Waals surface area contributed by atoms with E-state index in [2.05, 4.69) is 4.98 Å². The van der Waals surface area contributed by atoms with Crippen molar-refractivity contribution in [1.82, 2.24) is 4.98 Å². The van der Waals surface area contributed by atoms with Gasteiger partial charge in [-0.25, -0.2) is 4.98 Å². The van der Waals surface area contributed by atoms with Crippen LogP contribution in [-0.2, 0) is 0 Å². The van der Waals surface area contributed by atoms with Crippen molar-refractivity contribution in [3.63, 3.8) is 0 Å². The molecule has 0 radical (unpaired) electrons.